The molecule has 0 saturated carbocycles. The lowest BCUT2D eigenvalue weighted by Crippen LogP contribution is -2.45. The summed E-state index contributed by atoms with van der Waals surface area (Å²) in [7, 11) is 1.48. The average molecular weight is 160 g/mol. The Bertz CT molecular complexity index is 126. The number of hydrogen-bond acceptors (Lipinski definition) is 3. The molecule has 0 fully saturated rings. The van der Waals surface area contributed by atoms with E-state index in [1.54, 1.807) is 0 Å². The van der Waals surface area contributed by atoms with Crippen molar-refractivity contribution in [2.45, 2.75) is 25.9 Å². The molecule has 0 rings (SSSR count). The van der Waals surface area contributed by atoms with E-state index in [2.05, 4.69) is 10.1 Å². The number of ether oxygens (including phenoxy) is 1. The fraction of sp³-hybridized carbons (Fsp3) is 0.857. The maximum atomic E-state index is 10.9. The molecule has 0 aliphatic rings. The Morgan fingerprint density at radius 1 is 1.64 bits per heavy atom. The lowest BCUT2D eigenvalue weighted by molar-refractivity contribution is -0.125. The smallest absolute Gasteiger partial charge is 0.246 e. The number of carbonyl (C=O) groups excluding carboxylic acids is 1. The second-order valence-electron chi connectivity index (χ2n) is 2.65. The third-order valence-electron chi connectivity index (χ3n) is 1.45. The highest BCUT2D eigenvalue weighted by Crippen LogP contribution is 1.86. The van der Waals surface area contributed by atoms with Gasteiger partial charge >= 0.3 is 0 Å². The van der Waals surface area contributed by atoms with Crippen LogP contribution in [0.15, 0.2) is 0 Å². The highest BCUT2D eigenvalue weighted by Gasteiger charge is 2.09. The van der Waals surface area contributed by atoms with Crippen molar-refractivity contribution in [1.29, 1.82) is 0 Å². The predicted molar refractivity (Wildman–Crippen MR) is 43.1 cm³/mol. The van der Waals surface area contributed by atoms with Crippen LogP contribution in [0.3, 0.4) is 0 Å². The molecule has 3 N–H and O–H groups in total. The molecule has 0 aromatic rings. The van der Waals surface area contributed by atoms with Crippen molar-refractivity contribution in [1.82, 2.24) is 5.32 Å². The average Bonchev–Trinajstić information content (AvgIpc) is 1.87. The van der Waals surface area contributed by atoms with Gasteiger partial charge in [-0.1, -0.05) is 0 Å². The summed E-state index contributed by atoms with van der Waals surface area (Å²) in [5, 5.41) is 2.69. The van der Waals surface area contributed by atoms with Crippen LogP contribution in [0.5, 0.6) is 0 Å². The maximum absolute atomic E-state index is 10.9. The van der Waals surface area contributed by atoms with Crippen LogP contribution in [0, 0.1) is 0 Å². The molecule has 0 aliphatic carbocycles. The van der Waals surface area contributed by atoms with Crippen LogP contribution in [0.4, 0.5) is 0 Å². The zero-order chi connectivity index (χ0) is 8.85. The fourth-order valence-electron chi connectivity index (χ4n) is 0.558. The van der Waals surface area contributed by atoms with Gasteiger partial charge in [-0.05, 0) is 13.8 Å². The Morgan fingerprint density at radius 2 is 2.18 bits per heavy atom. The Morgan fingerprint density at radius 3 is 2.55 bits per heavy atom. The number of nitrogens with one attached hydrogen (secondary N) is 1. The molecule has 1 amide bonds. The van der Waals surface area contributed by atoms with E-state index < -0.39 is 0 Å². The second kappa shape index (κ2) is 5.09. The van der Waals surface area contributed by atoms with Crippen molar-refractivity contribution in [2.24, 2.45) is 5.73 Å². The molecule has 0 aromatic carbocycles. The summed E-state index contributed by atoms with van der Waals surface area (Å²) in [6.45, 7) is 3.80. The highest BCUT2D eigenvalue weighted by molar-refractivity contribution is 5.77. The quantitative estimate of drug-likeness (QED) is 0.582. The van der Waals surface area contributed by atoms with E-state index in [1.807, 2.05) is 13.8 Å². The molecule has 0 aliphatic heterocycles. The monoisotopic (exact) mass is 160 g/mol. The summed E-state index contributed by atoms with van der Waals surface area (Å²) in [5.74, 6) is -0.127. The largest absolute Gasteiger partial charge is 0.375 e. The van der Waals surface area contributed by atoms with Gasteiger partial charge in [0, 0.05) is 19.2 Å². The van der Waals surface area contributed by atoms with Gasteiger partial charge in [-0.15, -0.1) is 0 Å². The summed E-state index contributed by atoms with van der Waals surface area (Å²) in [6, 6.07) is -0.0338. The third-order valence-corrected chi connectivity index (χ3v) is 1.45. The molecule has 11 heavy (non-hydrogen) atoms. The molecule has 0 aromatic heterocycles. The van der Waals surface area contributed by atoms with Gasteiger partial charge in [-0.25, -0.2) is 0 Å². The SMILES string of the molecule is COCC(=O)NC(C)C(C)N. The summed E-state index contributed by atoms with van der Waals surface area (Å²) >= 11 is 0. The maximum Gasteiger partial charge on any atom is 0.246 e. The molecular weight excluding hydrogens is 144 g/mol. The van der Waals surface area contributed by atoms with Crippen LogP contribution in [0.25, 0.3) is 0 Å². The molecule has 0 heterocycles. The first-order chi connectivity index (χ1) is 5.07. The van der Waals surface area contributed by atoms with Crippen molar-refractivity contribution in [2.75, 3.05) is 13.7 Å². The van der Waals surface area contributed by atoms with Crippen molar-refractivity contribution >= 4 is 5.91 Å². The number of hydrogen-bond donors (Lipinski definition) is 2. The third kappa shape index (κ3) is 4.75. The molecule has 0 bridgehead atoms. The van der Waals surface area contributed by atoms with Crippen LogP contribution < -0.4 is 11.1 Å². The second-order valence-corrected chi connectivity index (χ2v) is 2.65. The zero-order valence-electron chi connectivity index (χ0n) is 7.26. The first-order valence-electron chi connectivity index (χ1n) is 3.61. The van der Waals surface area contributed by atoms with Crippen molar-refractivity contribution in [3.8, 4) is 0 Å². The number of rotatable bonds is 4. The Balaban J connectivity index is 3.57. The number of amides is 1. The van der Waals surface area contributed by atoms with Crippen molar-refractivity contribution in [3.63, 3.8) is 0 Å². The van der Waals surface area contributed by atoms with E-state index >= 15 is 0 Å². The molecule has 0 spiro atoms. The van der Waals surface area contributed by atoms with Crippen LogP contribution >= 0.6 is 0 Å². The molecule has 2 unspecified atom stereocenters. The highest BCUT2D eigenvalue weighted by atomic mass is 16.5. The lowest BCUT2D eigenvalue weighted by Gasteiger charge is -2.16. The summed E-state index contributed by atoms with van der Waals surface area (Å²) in [5.41, 5.74) is 5.52. The molecule has 0 saturated heterocycles. The van der Waals surface area contributed by atoms with E-state index in [0.717, 1.165) is 0 Å². The van der Waals surface area contributed by atoms with Crippen LogP contribution in [0.2, 0.25) is 0 Å². The van der Waals surface area contributed by atoms with E-state index in [4.69, 9.17) is 5.73 Å². The van der Waals surface area contributed by atoms with Gasteiger partial charge in [0.2, 0.25) is 5.91 Å². The first-order valence-corrected chi connectivity index (χ1v) is 3.61. The minimum atomic E-state index is -0.127. The first kappa shape index (κ1) is 10.4. The van der Waals surface area contributed by atoms with Gasteiger partial charge < -0.3 is 15.8 Å². The molecule has 66 valence electrons. The number of carbonyl (C=O) groups is 1. The Kier molecular flexibility index (Phi) is 4.81. The van der Waals surface area contributed by atoms with Gasteiger partial charge in [-0.2, -0.15) is 0 Å². The van der Waals surface area contributed by atoms with Crippen molar-refractivity contribution in [3.05, 3.63) is 0 Å². The Labute approximate surface area is 67.1 Å². The van der Waals surface area contributed by atoms with Gasteiger partial charge in [0.25, 0.3) is 0 Å². The molecule has 2 atom stereocenters. The van der Waals surface area contributed by atoms with Gasteiger partial charge in [0.05, 0.1) is 0 Å². The summed E-state index contributed by atoms with van der Waals surface area (Å²) in [4.78, 5) is 10.9. The van der Waals surface area contributed by atoms with E-state index in [9.17, 15) is 4.79 Å². The molecule has 4 heteroatoms. The summed E-state index contributed by atoms with van der Waals surface area (Å²) in [6.07, 6.45) is 0. The minimum absolute atomic E-state index is 0.00218. The van der Waals surface area contributed by atoms with Crippen LogP contribution in [0.1, 0.15) is 13.8 Å². The van der Waals surface area contributed by atoms with Crippen LogP contribution in [-0.2, 0) is 9.53 Å². The standard InChI is InChI=1S/C7H16N2O2/c1-5(8)6(2)9-7(10)4-11-3/h5-6H,4,8H2,1-3H3,(H,9,10). The van der Waals surface area contributed by atoms with Crippen molar-refractivity contribution < 1.29 is 9.53 Å². The zero-order valence-corrected chi connectivity index (χ0v) is 7.26. The van der Waals surface area contributed by atoms with E-state index in [-0.39, 0.29) is 24.6 Å². The Hall–Kier alpha value is -0.610. The fourth-order valence-corrected chi connectivity index (χ4v) is 0.558. The molecule has 0 radical (unpaired) electrons. The minimum Gasteiger partial charge on any atom is -0.375 e. The normalized spacial score (nSPS) is 15.6. The number of methoxy groups -OCH3 is 1. The lowest BCUT2D eigenvalue weighted by atomic mass is 10.2. The van der Waals surface area contributed by atoms with Gasteiger partial charge in [0.15, 0.2) is 0 Å². The summed E-state index contributed by atoms with van der Waals surface area (Å²) < 4.78 is 4.63. The predicted octanol–water partition coefficient (Wildman–Crippen LogP) is -0.515. The molecule has 4 nitrogen and oxygen atoms in total. The topological polar surface area (TPSA) is 64.3 Å². The molecular formula is C7H16N2O2. The number of nitrogens with two attached hydrogens (primary N) is 1. The van der Waals surface area contributed by atoms with E-state index in [1.165, 1.54) is 7.11 Å². The van der Waals surface area contributed by atoms with E-state index in [0.29, 0.717) is 0 Å². The van der Waals surface area contributed by atoms with Crippen LogP contribution in [-0.4, -0.2) is 31.7 Å². The van der Waals surface area contributed by atoms with Gasteiger partial charge in [-0.3, -0.25) is 4.79 Å². The van der Waals surface area contributed by atoms with Gasteiger partial charge in [0.1, 0.15) is 6.61 Å².